The number of nitro groups is 1. The number of aliphatic imine (C=N–C) groups is 1. The lowest BCUT2D eigenvalue weighted by molar-refractivity contribution is -0.384. The molecule has 0 atom stereocenters. The van der Waals surface area contributed by atoms with Gasteiger partial charge in [-0.15, -0.1) is 0 Å². The number of hydrogen-bond donors (Lipinski definition) is 1. The van der Waals surface area contributed by atoms with Crippen LogP contribution in [-0.2, 0) is 6.42 Å². The Hall–Kier alpha value is -2.69. The fourth-order valence-electron chi connectivity index (χ4n) is 1.74. The van der Waals surface area contributed by atoms with Crippen molar-refractivity contribution in [1.82, 2.24) is 0 Å². The molecule has 0 aromatic heterocycles. The van der Waals surface area contributed by atoms with Crippen LogP contribution in [0.5, 0.6) is 0 Å². The summed E-state index contributed by atoms with van der Waals surface area (Å²) >= 11 is 0. The maximum atomic E-state index is 10.7. The molecule has 20 heavy (non-hydrogen) atoms. The number of nitrogens with two attached hydrogens (primary N) is 1. The van der Waals surface area contributed by atoms with Crippen molar-refractivity contribution >= 4 is 23.3 Å². The van der Waals surface area contributed by atoms with Crippen molar-refractivity contribution in [2.45, 2.75) is 13.3 Å². The molecular formula is C15H15N3O2. The lowest BCUT2D eigenvalue weighted by Gasteiger charge is -2.00. The Morgan fingerprint density at radius 1 is 1.25 bits per heavy atom. The molecule has 102 valence electrons. The topological polar surface area (TPSA) is 81.5 Å². The van der Waals surface area contributed by atoms with E-state index in [0.717, 1.165) is 12.0 Å². The van der Waals surface area contributed by atoms with E-state index in [2.05, 4.69) is 11.9 Å². The Bertz CT molecular complexity index is 649. The minimum Gasteiger partial charge on any atom is -0.397 e. The summed E-state index contributed by atoms with van der Waals surface area (Å²) in [7, 11) is 0. The van der Waals surface area contributed by atoms with Crippen LogP contribution in [0.15, 0.2) is 47.5 Å². The molecular weight excluding hydrogens is 254 g/mol. The second-order valence-corrected chi connectivity index (χ2v) is 4.35. The number of anilines is 1. The molecule has 2 aromatic carbocycles. The standard InChI is InChI=1S/C15H15N3O2/c1-2-11-3-5-12(6-4-11)10-17-15-9-13(18(19)20)7-8-14(15)16/h3-10H,2,16H2,1H3. The van der Waals surface area contributed by atoms with E-state index in [1.165, 1.54) is 23.8 Å². The highest BCUT2D eigenvalue weighted by Crippen LogP contribution is 2.26. The summed E-state index contributed by atoms with van der Waals surface area (Å²) in [6.07, 6.45) is 2.63. The van der Waals surface area contributed by atoms with E-state index in [4.69, 9.17) is 5.73 Å². The predicted octanol–water partition coefficient (Wildman–Crippen LogP) is 3.49. The molecule has 2 aromatic rings. The monoisotopic (exact) mass is 269 g/mol. The highest BCUT2D eigenvalue weighted by molar-refractivity contribution is 5.84. The van der Waals surface area contributed by atoms with Crippen LogP contribution < -0.4 is 5.73 Å². The Morgan fingerprint density at radius 2 is 1.95 bits per heavy atom. The van der Waals surface area contributed by atoms with Crippen LogP contribution in [0.1, 0.15) is 18.1 Å². The van der Waals surface area contributed by atoms with Gasteiger partial charge in [0.25, 0.3) is 5.69 Å². The number of nitro benzene ring substituents is 1. The van der Waals surface area contributed by atoms with Gasteiger partial charge in [-0.3, -0.25) is 15.1 Å². The SMILES string of the molecule is CCc1ccc(C=Nc2cc([N+](=O)[O-])ccc2N)cc1. The van der Waals surface area contributed by atoms with Crippen LogP contribution in [0.4, 0.5) is 17.1 Å². The van der Waals surface area contributed by atoms with E-state index in [1.54, 1.807) is 6.21 Å². The van der Waals surface area contributed by atoms with Gasteiger partial charge < -0.3 is 5.73 Å². The van der Waals surface area contributed by atoms with Crippen LogP contribution in [0.25, 0.3) is 0 Å². The zero-order valence-electron chi connectivity index (χ0n) is 11.1. The summed E-state index contributed by atoms with van der Waals surface area (Å²) in [5.41, 5.74) is 8.73. The Morgan fingerprint density at radius 3 is 2.55 bits per heavy atom. The molecule has 2 rings (SSSR count). The third kappa shape index (κ3) is 3.20. The molecule has 0 aliphatic rings. The number of benzene rings is 2. The Labute approximate surface area is 116 Å². The molecule has 0 unspecified atom stereocenters. The van der Waals surface area contributed by atoms with Gasteiger partial charge in [0.2, 0.25) is 0 Å². The number of rotatable bonds is 4. The van der Waals surface area contributed by atoms with E-state index < -0.39 is 4.92 Å². The van der Waals surface area contributed by atoms with Crippen LogP contribution in [-0.4, -0.2) is 11.1 Å². The summed E-state index contributed by atoms with van der Waals surface area (Å²) in [5.74, 6) is 0. The molecule has 5 nitrogen and oxygen atoms in total. The molecule has 5 heteroatoms. The van der Waals surface area contributed by atoms with E-state index in [1.807, 2.05) is 24.3 Å². The first-order chi connectivity index (χ1) is 9.60. The van der Waals surface area contributed by atoms with Crippen molar-refractivity contribution in [3.63, 3.8) is 0 Å². The summed E-state index contributed by atoms with van der Waals surface area (Å²) in [4.78, 5) is 14.5. The smallest absolute Gasteiger partial charge is 0.271 e. The van der Waals surface area contributed by atoms with Crippen molar-refractivity contribution in [3.05, 3.63) is 63.7 Å². The molecule has 0 amide bonds. The third-order valence-electron chi connectivity index (χ3n) is 2.97. The van der Waals surface area contributed by atoms with Gasteiger partial charge in [0.15, 0.2) is 0 Å². The summed E-state index contributed by atoms with van der Waals surface area (Å²) < 4.78 is 0. The van der Waals surface area contributed by atoms with Crippen molar-refractivity contribution in [3.8, 4) is 0 Å². The second kappa shape index (κ2) is 5.97. The van der Waals surface area contributed by atoms with Crippen molar-refractivity contribution in [2.24, 2.45) is 4.99 Å². The molecule has 0 fully saturated rings. The number of hydrogen-bond acceptors (Lipinski definition) is 4. The first kappa shape index (κ1) is 13.7. The van der Waals surface area contributed by atoms with Gasteiger partial charge in [-0.25, -0.2) is 0 Å². The molecule has 0 bridgehead atoms. The predicted molar refractivity (Wildman–Crippen MR) is 80.6 cm³/mol. The van der Waals surface area contributed by atoms with Gasteiger partial charge in [-0.2, -0.15) is 0 Å². The highest BCUT2D eigenvalue weighted by atomic mass is 16.6. The fraction of sp³-hybridized carbons (Fsp3) is 0.133. The zero-order valence-corrected chi connectivity index (χ0v) is 11.1. The molecule has 0 aliphatic heterocycles. The lowest BCUT2D eigenvalue weighted by Crippen LogP contribution is -1.91. The van der Waals surface area contributed by atoms with Crippen LogP contribution in [0.2, 0.25) is 0 Å². The highest BCUT2D eigenvalue weighted by Gasteiger charge is 2.07. The quantitative estimate of drug-likeness (QED) is 0.399. The van der Waals surface area contributed by atoms with Gasteiger partial charge in [0, 0.05) is 18.3 Å². The average Bonchev–Trinajstić information content (AvgIpc) is 2.46. The summed E-state index contributed by atoms with van der Waals surface area (Å²) in [6.45, 7) is 2.09. The third-order valence-corrected chi connectivity index (χ3v) is 2.97. The maximum Gasteiger partial charge on any atom is 0.271 e. The molecule has 0 heterocycles. The molecule has 0 aliphatic carbocycles. The average molecular weight is 269 g/mol. The number of non-ortho nitro benzene ring substituents is 1. The minimum atomic E-state index is -0.464. The summed E-state index contributed by atoms with van der Waals surface area (Å²) in [5, 5.41) is 10.7. The van der Waals surface area contributed by atoms with Gasteiger partial charge in [-0.05, 0) is 23.6 Å². The van der Waals surface area contributed by atoms with E-state index in [-0.39, 0.29) is 5.69 Å². The van der Waals surface area contributed by atoms with E-state index >= 15 is 0 Å². The zero-order chi connectivity index (χ0) is 14.5. The number of aryl methyl sites for hydroxylation is 1. The molecule has 0 radical (unpaired) electrons. The van der Waals surface area contributed by atoms with Crippen molar-refractivity contribution < 1.29 is 4.92 Å². The lowest BCUT2D eigenvalue weighted by atomic mass is 10.1. The van der Waals surface area contributed by atoms with Crippen LogP contribution in [0.3, 0.4) is 0 Å². The largest absolute Gasteiger partial charge is 0.397 e. The Kier molecular flexibility index (Phi) is 4.10. The van der Waals surface area contributed by atoms with E-state index in [9.17, 15) is 10.1 Å². The number of nitrogen functional groups attached to an aromatic ring is 1. The molecule has 0 saturated heterocycles. The molecule has 0 saturated carbocycles. The first-order valence-electron chi connectivity index (χ1n) is 6.27. The number of nitrogens with zero attached hydrogens (tertiary/aromatic N) is 2. The molecule has 0 spiro atoms. The van der Waals surface area contributed by atoms with Crippen molar-refractivity contribution in [2.75, 3.05) is 5.73 Å². The van der Waals surface area contributed by atoms with Gasteiger partial charge in [0.05, 0.1) is 16.3 Å². The van der Waals surface area contributed by atoms with Crippen molar-refractivity contribution in [1.29, 1.82) is 0 Å². The normalized spacial score (nSPS) is 10.8. The van der Waals surface area contributed by atoms with Gasteiger partial charge in [-0.1, -0.05) is 31.2 Å². The Balaban J connectivity index is 2.25. The molecule has 2 N–H and O–H groups in total. The van der Waals surface area contributed by atoms with Gasteiger partial charge >= 0.3 is 0 Å². The minimum absolute atomic E-state index is 0.0207. The fourth-order valence-corrected chi connectivity index (χ4v) is 1.74. The van der Waals surface area contributed by atoms with Crippen LogP contribution in [0, 0.1) is 10.1 Å². The second-order valence-electron chi connectivity index (χ2n) is 4.35. The maximum absolute atomic E-state index is 10.7. The van der Waals surface area contributed by atoms with E-state index in [0.29, 0.717) is 11.4 Å². The first-order valence-corrected chi connectivity index (χ1v) is 6.27. The van der Waals surface area contributed by atoms with Gasteiger partial charge in [0.1, 0.15) is 0 Å². The summed E-state index contributed by atoms with van der Waals surface area (Å²) in [6, 6.07) is 12.2. The van der Waals surface area contributed by atoms with Crippen LogP contribution >= 0.6 is 0 Å².